The van der Waals surface area contributed by atoms with Crippen LogP contribution >= 0.6 is 11.6 Å². The Balaban J connectivity index is 1.43. The lowest BCUT2D eigenvalue weighted by Crippen LogP contribution is -2.42. The van der Waals surface area contributed by atoms with Gasteiger partial charge < -0.3 is 14.7 Å². The van der Waals surface area contributed by atoms with Crippen LogP contribution < -0.4 is 4.74 Å². The average molecular weight is 390 g/mol. The lowest BCUT2D eigenvalue weighted by atomic mass is 9.78. The summed E-state index contributed by atoms with van der Waals surface area (Å²) in [5.74, 6) is 1.26. The van der Waals surface area contributed by atoms with Crippen molar-refractivity contribution in [2.75, 3.05) is 13.1 Å². The third-order valence-electron chi connectivity index (χ3n) is 5.79. The SMILES string of the molecule is Cc1cc(C(=O)N2C[C@H]3C[C@@H](Oc4cccc(Cl)c4)[C@H](O)C[C@H]3C2)nn1C. The molecule has 2 aromatic rings. The summed E-state index contributed by atoms with van der Waals surface area (Å²) in [4.78, 5) is 14.7. The van der Waals surface area contributed by atoms with E-state index in [9.17, 15) is 9.90 Å². The Morgan fingerprint density at radius 1 is 1.26 bits per heavy atom. The first kappa shape index (κ1) is 18.3. The first-order chi connectivity index (χ1) is 12.9. The minimum absolute atomic E-state index is 0.0325. The fourth-order valence-electron chi connectivity index (χ4n) is 4.22. The van der Waals surface area contributed by atoms with E-state index in [2.05, 4.69) is 5.10 Å². The minimum atomic E-state index is -0.544. The molecular weight excluding hydrogens is 366 g/mol. The summed E-state index contributed by atoms with van der Waals surface area (Å²) in [6.45, 7) is 3.28. The van der Waals surface area contributed by atoms with Gasteiger partial charge in [0.2, 0.25) is 0 Å². The van der Waals surface area contributed by atoms with Gasteiger partial charge in [-0.2, -0.15) is 5.10 Å². The van der Waals surface area contributed by atoms with Gasteiger partial charge in [-0.15, -0.1) is 0 Å². The zero-order valence-electron chi connectivity index (χ0n) is 15.5. The summed E-state index contributed by atoms with van der Waals surface area (Å²) in [6, 6.07) is 9.05. The van der Waals surface area contributed by atoms with Gasteiger partial charge in [0.25, 0.3) is 5.91 Å². The average Bonchev–Trinajstić information content (AvgIpc) is 3.18. The van der Waals surface area contributed by atoms with E-state index in [0.717, 1.165) is 12.1 Å². The molecule has 4 atom stereocenters. The highest BCUT2D eigenvalue weighted by molar-refractivity contribution is 6.30. The first-order valence-electron chi connectivity index (χ1n) is 9.31. The van der Waals surface area contributed by atoms with Crippen molar-refractivity contribution in [1.29, 1.82) is 0 Å². The normalized spacial score (nSPS) is 27.5. The van der Waals surface area contributed by atoms with Gasteiger partial charge in [-0.05, 0) is 55.9 Å². The summed E-state index contributed by atoms with van der Waals surface area (Å²) in [7, 11) is 1.84. The number of halogens is 1. The molecule has 7 heteroatoms. The van der Waals surface area contributed by atoms with Crippen LogP contribution in [-0.2, 0) is 7.05 Å². The number of rotatable bonds is 3. The van der Waals surface area contributed by atoms with Crippen molar-refractivity contribution in [2.24, 2.45) is 18.9 Å². The molecule has 1 amide bonds. The Morgan fingerprint density at radius 2 is 2.00 bits per heavy atom. The van der Waals surface area contributed by atoms with Gasteiger partial charge >= 0.3 is 0 Å². The zero-order valence-corrected chi connectivity index (χ0v) is 16.3. The standard InChI is InChI=1S/C20H24ClN3O3/c1-12-6-17(22-23(12)2)20(26)24-10-13-7-18(25)19(8-14(13)11-24)27-16-5-3-4-15(21)9-16/h3-6,9,13-14,18-19,25H,7-8,10-11H2,1-2H3/t13-,14+,18+,19+/m0/s1. The summed E-state index contributed by atoms with van der Waals surface area (Å²) in [5, 5.41) is 15.5. The van der Waals surface area contributed by atoms with Crippen molar-refractivity contribution < 1.29 is 14.6 Å². The number of carbonyl (C=O) groups is 1. The summed E-state index contributed by atoms with van der Waals surface area (Å²) >= 11 is 6.02. The highest BCUT2D eigenvalue weighted by Gasteiger charge is 2.44. The van der Waals surface area contributed by atoms with Crippen LogP contribution in [0.4, 0.5) is 0 Å². The lowest BCUT2D eigenvalue weighted by molar-refractivity contribution is -0.0231. The van der Waals surface area contributed by atoms with E-state index in [1.807, 2.05) is 37.1 Å². The van der Waals surface area contributed by atoms with Crippen LogP contribution in [-0.4, -0.2) is 51.0 Å². The highest BCUT2D eigenvalue weighted by atomic mass is 35.5. The molecule has 2 aliphatic rings. The van der Waals surface area contributed by atoms with Crippen molar-refractivity contribution in [2.45, 2.75) is 32.0 Å². The van der Waals surface area contributed by atoms with E-state index in [0.29, 0.717) is 47.8 Å². The second-order valence-electron chi connectivity index (χ2n) is 7.68. The third kappa shape index (κ3) is 3.69. The van der Waals surface area contributed by atoms with Crippen LogP contribution in [0, 0.1) is 18.8 Å². The zero-order chi connectivity index (χ0) is 19.1. The first-order valence-corrected chi connectivity index (χ1v) is 9.68. The number of ether oxygens (including phenoxy) is 1. The number of fused-ring (bicyclic) bond motifs is 1. The van der Waals surface area contributed by atoms with Gasteiger partial charge in [0.05, 0.1) is 6.10 Å². The topological polar surface area (TPSA) is 67.6 Å². The maximum Gasteiger partial charge on any atom is 0.274 e. The van der Waals surface area contributed by atoms with Crippen LogP contribution in [0.1, 0.15) is 29.0 Å². The fourth-order valence-corrected chi connectivity index (χ4v) is 4.41. The monoisotopic (exact) mass is 389 g/mol. The molecule has 0 bridgehead atoms. The largest absolute Gasteiger partial charge is 0.488 e. The summed E-state index contributed by atoms with van der Waals surface area (Å²) < 4.78 is 7.72. The third-order valence-corrected chi connectivity index (χ3v) is 6.02. The molecule has 1 aromatic heterocycles. The van der Waals surface area contributed by atoms with Crippen molar-refractivity contribution in [3.05, 3.63) is 46.7 Å². The van der Waals surface area contributed by atoms with E-state index in [4.69, 9.17) is 16.3 Å². The van der Waals surface area contributed by atoms with Crippen molar-refractivity contribution >= 4 is 17.5 Å². The quantitative estimate of drug-likeness (QED) is 0.876. The predicted molar refractivity (Wildman–Crippen MR) is 102 cm³/mol. The van der Waals surface area contributed by atoms with Crippen LogP contribution in [0.25, 0.3) is 0 Å². The van der Waals surface area contributed by atoms with E-state index in [-0.39, 0.29) is 12.0 Å². The van der Waals surface area contributed by atoms with Gasteiger partial charge in [-0.25, -0.2) is 0 Å². The number of aliphatic hydroxyl groups is 1. The Morgan fingerprint density at radius 3 is 2.67 bits per heavy atom. The number of nitrogens with zero attached hydrogens (tertiary/aromatic N) is 3. The van der Waals surface area contributed by atoms with Gasteiger partial charge in [0.1, 0.15) is 11.9 Å². The molecule has 4 rings (SSSR count). The number of aliphatic hydroxyl groups excluding tert-OH is 1. The van der Waals surface area contributed by atoms with Crippen LogP contribution in [0.15, 0.2) is 30.3 Å². The maximum absolute atomic E-state index is 12.8. The number of aromatic nitrogens is 2. The predicted octanol–water partition coefficient (Wildman–Crippen LogP) is 2.67. The smallest absolute Gasteiger partial charge is 0.274 e. The molecule has 1 saturated heterocycles. The van der Waals surface area contributed by atoms with Crippen molar-refractivity contribution in [3.8, 4) is 5.75 Å². The fraction of sp³-hybridized carbons (Fsp3) is 0.500. The molecule has 1 aromatic carbocycles. The van der Waals surface area contributed by atoms with Crippen LogP contribution in [0.2, 0.25) is 5.02 Å². The molecule has 27 heavy (non-hydrogen) atoms. The van der Waals surface area contributed by atoms with Gasteiger partial charge in [0.15, 0.2) is 5.69 Å². The number of hydrogen-bond acceptors (Lipinski definition) is 4. The number of benzene rings is 1. The second kappa shape index (κ2) is 7.17. The highest BCUT2D eigenvalue weighted by Crippen LogP contribution is 2.38. The molecule has 1 aliphatic heterocycles. The Hall–Kier alpha value is -2.05. The van der Waals surface area contributed by atoms with Crippen LogP contribution in [0.5, 0.6) is 5.75 Å². The molecule has 2 heterocycles. The molecular formula is C20H24ClN3O3. The molecule has 1 saturated carbocycles. The molecule has 1 aliphatic carbocycles. The molecule has 144 valence electrons. The molecule has 6 nitrogen and oxygen atoms in total. The number of carbonyl (C=O) groups excluding carboxylic acids is 1. The molecule has 2 fully saturated rings. The summed E-state index contributed by atoms with van der Waals surface area (Å²) in [6.07, 6.45) is 0.541. The van der Waals surface area contributed by atoms with E-state index < -0.39 is 6.10 Å². The van der Waals surface area contributed by atoms with Crippen molar-refractivity contribution in [3.63, 3.8) is 0 Å². The minimum Gasteiger partial charge on any atom is -0.488 e. The lowest BCUT2D eigenvalue weighted by Gasteiger charge is -2.35. The number of amides is 1. The van der Waals surface area contributed by atoms with E-state index in [1.54, 1.807) is 16.8 Å². The molecule has 0 unspecified atom stereocenters. The Bertz CT molecular complexity index is 833. The number of hydrogen-bond donors (Lipinski definition) is 1. The van der Waals surface area contributed by atoms with E-state index in [1.165, 1.54) is 0 Å². The molecule has 0 spiro atoms. The Kier molecular flexibility index (Phi) is 4.86. The van der Waals surface area contributed by atoms with Gasteiger partial charge in [0, 0.05) is 30.9 Å². The van der Waals surface area contributed by atoms with Crippen LogP contribution in [0.3, 0.4) is 0 Å². The van der Waals surface area contributed by atoms with Gasteiger partial charge in [-0.3, -0.25) is 9.48 Å². The maximum atomic E-state index is 12.8. The second-order valence-corrected chi connectivity index (χ2v) is 8.11. The van der Waals surface area contributed by atoms with Gasteiger partial charge in [-0.1, -0.05) is 17.7 Å². The van der Waals surface area contributed by atoms with E-state index >= 15 is 0 Å². The Labute approximate surface area is 163 Å². The molecule has 1 N–H and O–H groups in total. The number of likely N-dealkylation sites (tertiary alicyclic amines) is 1. The summed E-state index contributed by atoms with van der Waals surface area (Å²) in [5.41, 5.74) is 1.45. The van der Waals surface area contributed by atoms with Crippen molar-refractivity contribution in [1.82, 2.24) is 14.7 Å². The number of aryl methyl sites for hydroxylation is 2. The molecule has 0 radical (unpaired) electrons.